The van der Waals surface area contributed by atoms with E-state index in [2.05, 4.69) is 15.3 Å². The fraction of sp³-hybridized carbons (Fsp3) is 0.300. The smallest absolute Gasteiger partial charge is 0.335 e. The third-order valence-corrected chi connectivity index (χ3v) is 7.18. The second kappa shape index (κ2) is 11.5. The van der Waals surface area contributed by atoms with Gasteiger partial charge in [-0.3, -0.25) is 18.8 Å². The molecule has 12 heteroatoms. The topological polar surface area (TPSA) is 164 Å². The number of imidazole rings is 1. The number of nitrogen functional groups attached to an aromatic ring is 1. The van der Waals surface area contributed by atoms with Gasteiger partial charge in [-0.1, -0.05) is 18.2 Å². The Hall–Kier alpha value is -4.99. The SMILES string of the molecule is C[C@@H](Cn1c(=O)n(-c2ccc(Oc3ccccc3)cc2)c2c(N)ncnc21)NC(=O)/C(C#N)=C/C(C)(C)N1CC(O)C1. The van der Waals surface area contributed by atoms with Gasteiger partial charge in [0.2, 0.25) is 0 Å². The van der Waals surface area contributed by atoms with Crippen LogP contribution in [0.3, 0.4) is 0 Å². The molecule has 0 spiro atoms. The van der Waals surface area contributed by atoms with Crippen molar-refractivity contribution in [3.8, 4) is 23.3 Å². The standard InChI is InChI=1S/C30H32N8O4/c1-19(35-28(40)20(14-31)13-30(2,3)36-16-22(39)17-36)15-37-27-25(26(32)33-18-34-27)38(29(37)41)21-9-11-24(12-10-21)42-23-7-5-4-6-8-23/h4-13,18-19,22,39H,15-17H2,1-3H3,(H,35,40)(H2,32,33,34)/b20-13+/t19-/m0/s1. The maximum atomic E-state index is 13.7. The van der Waals surface area contributed by atoms with Crippen LogP contribution >= 0.6 is 0 Å². The van der Waals surface area contributed by atoms with Crippen molar-refractivity contribution in [3.63, 3.8) is 0 Å². The highest BCUT2D eigenvalue weighted by Crippen LogP contribution is 2.26. The molecule has 1 aliphatic rings. The quantitative estimate of drug-likeness (QED) is 0.203. The first kappa shape index (κ1) is 28.5. The maximum Gasteiger partial charge on any atom is 0.335 e. The van der Waals surface area contributed by atoms with Gasteiger partial charge in [-0.25, -0.2) is 14.8 Å². The molecule has 4 N–H and O–H groups in total. The molecule has 4 aromatic rings. The largest absolute Gasteiger partial charge is 0.457 e. The number of carbonyl (C=O) groups is 1. The lowest BCUT2D eigenvalue weighted by Gasteiger charge is -2.46. The highest BCUT2D eigenvalue weighted by Gasteiger charge is 2.36. The average Bonchev–Trinajstić information content (AvgIpc) is 3.22. The van der Waals surface area contributed by atoms with E-state index in [0.717, 1.165) is 0 Å². The number of fused-ring (bicyclic) bond motifs is 1. The molecule has 1 amide bonds. The summed E-state index contributed by atoms with van der Waals surface area (Å²) in [6, 6.07) is 17.8. The predicted molar refractivity (Wildman–Crippen MR) is 157 cm³/mol. The zero-order valence-electron chi connectivity index (χ0n) is 23.6. The number of aromatic nitrogens is 4. The minimum atomic E-state index is -0.592. The second-order valence-corrected chi connectivity index (χ2v) is 10.8. The lowest BCUT2D eigenvalue weighted by molar-refractivity contribution is -0.117. The van der Waals surface area contributed by atoms with Crippen molar-refractivity contribution in [2.24, 2.45) is 0 Å². The number of nitrogens with zero attached hydrogens (tertiary/aromatic N) is 6. The van der Waals surface area contributed by atoms with E-state index < -0.39 is 29.3 Å². The Morgan fingerprint density at radius 1 is 1.19 bits per heavy atom. The van der Waals surface area contributed by atoms with Gasteiger partial charge in [-0.2, -0.15) is 5.26 Å². The van der Waals surface area contributed by atoms with Crippen LogP contribution in [0.1, 0.15) is 20.8 Å². The van der Waals surface area contributed by atoms with Crippen LogP contribution in [0, 0.1) is 11.3 Å². The number of hydrogen-bond acceptors (Lipinski definition) is 9. The summed E-state index contributed by atoms with van der Waals surface area (Å²) in [6.45, 7) is 6.51. The fourth-order valence-electron chi connectivity index (χ4n) is 4.93. The highest BCUT2D eigenvalue weighted by atomic mass is 16.5. The first-order valence-corrected chi connectivity index (χ1v) is 13.5. The van der Waals surface area contributed by atoms with Crippen molar-refractivity contribution in [2.75, 3.05) is 18.8 Å². The van der Waals surface area contributed by atoms with E-state index in [4.69, 9.17) is 10.5 Å². The van der Waals surface area contributed by atoms with Gasteiger partial charge in [0.05, 0.1) is 11.8 Å². The van der Waals surface area contributed by atoms with Crippen LogP contribution in [-0.4, -0.2) is 65.8 Å². The first-order chi connectivity index (χ1) is 20.1. The number of ether oxygens (including phenoxy) is 1. The first-order valence-electron chi connectivity index (χ1n) is 13.5. The summed E-state index contributed by atoms with van der Waals surface area (Å²) in [4.78, 5) is 37.1. The lowest BCUT2D eigenvalue weighted by atomic mass is 9.94. The zero-order valence-corrected chi connectivity index (χ0v) is 23.6. The Bertz CT molecular complexity index is 1730. The molecule has 2 aromatic heterocycles. The number of amides is 1. The molecule has 12 nitrogen and oxygen atoms in total. The van der Waals surface area contributed by atoms with E-state index in [1.54, 1.807) is 37.3 Å². The van der Waals surface area contributed by atoms with Crippen LogP contribution < -0.4 is 21.5 Å². The second-order valence-electron chi connectivity index (χ2n) is 10.8. The molecule has 1 fully saturated rings. The number of nitrogens with one attached hydrogen (secondary N) is 1. The van der Waals surface area contributed by atoms with Crippen LogP contribution in [0.4, 0.5) is 5.82 Å². The average molecular weight is 569 g/mol. The molecular weight excluding hydrogens is 536 g/mol. The number of nitrogens with two attached hydrogens (primary N) is 1. The minimum Gasteiger partial charge on any atom is -0.457 e. The van der Waals surface area contributed by atoms with Crippen molar-refractivity contribution in [1.29, 1.82) is 5.26 Å². The zero-order chi connectivity index (χ0) is 30.0. The van der Waals surface area contributed by atoms with E-state index >= 15 is 0 Å². The number of β-amino-alcohol motifs (C(OH)–C–C–N with tert-alkyl or cyclic N) is 1. The third kappa shape index (κ3) is 5.74. The molecule has 0 aliphatic carbocycles. The summed E-state index contributed by atoms with van der Waals surface area (Å²) in [6.07, 6.45) is 2.47. The van der Waals surface area contributed by atoms with Crippen LogP contribution in [0.15, 0.2) is 77.4 Å². The summed E-state index contributed by atoms with van der Waals surface area (Å²) in [7, 11) is 0. The summed E-state index contributed by atoms with van der Waals surface area (Å²) in [5, 5.41) is 22.1. The number of benzene rings is 2. The molecule has 42 heavy (non-hydrogen) atoms. The number of aliphatic hydroxyl groups is 1. The van der Waals surface area contributed by atoms with Crippen molar-refractivity contribution in [1.82, 2.24) is 29.3 Å². The van der Waals surface area contributed by atoms with Gasteiger partial charge in [-0.05, 0) is 63.2 Å². The number of anilines is 1. The molecule has 0 unspecified atom stereocenters. The summed E-state index contributed by atoms with van der Waals surface area (Å²) < 4.78 is 8.72. The number of carbonyl (C=O) groups excluding carboxylic acids is 1. The van der Waals surface area contributed by atoms with Crippen molar-refractivity contribution in [2.45, 2.75) is 45.0 Å². The van der Waals surface area contributed by atoms with Gasteiger partial charge in [0.15, 0.2) is 11.5 Å². The number of para-hydroxylation sites is 1. The van der Waals surface area contributed by atoms with Crippen LogP contribution in [0.25, 0.3) is 16.9 Å². The molecule has 2 aromatic carbocycles. The summed E-state index contributed by atoms with van der Waals surface area (Å²) >= 11 is 0. The fourth-order valence-corrected chi connectivity index (χ4v) is 4.93. The maximum absolute atomic E-state index is 13.7. The molecule has 3 heterocycles. The van der Waals surface area contributed by atoms with Crippen molar-refractivity contribution < 1.29 is 14.6 Å². The van der Waals surface area contributed by atoms with E-state index in [1.165, 1.54) is 15.5 Å². The molecule has 0 radical (unpaired) electrons. The van der Waals surface area contributed by atoms with Gasteiger partial charge < -0.3 is 20.9 Å². The third-order valence-electron chi connectivity index (χ3n) is 7.18. The van der Waals surface area contributed by atoms with Crippen LogP contribution in [0.2, 0.25) is 0 Å². The van der Waals surface area contributed by atoms with Crippen molar-refractivity contribution in [3.05, 3.63) is 83.1 Å². The van der Waals surface area contributed by atoms with E-state index in [-0.39, 0.29) is 17.9 Å². The number of hydrogen-bond donors (Lipinski definition) is 3. The van der Waals surface area contributed by atoms with Crippen molar-refractivity contribution >= 4 is 22.9 Å². The Kier molecular flexibility index (Phi) is 7.80. The Morgan fingerprint density at radius 2 is 1.86 bits per heavy atom. The van der Waals surface area contributed by atoms with Crippen LogP contribution in [-0.2, 0) is 11.3 Å². The molecule has 0 bridgehead atoms. The Balaban J connectivity index is 1.39. The summed E-state index contributed by atoms with van der Waals surface area (Å²) in [5.41, 5.74) is 6.34. The monoisotopic (exact) mass is 568 g/mol. The van der Waals surface area contributed by atoms with Gasteiger partial charge in [0.1, 0.15) is 35.0 Å². The molecular formula is C30H32N8O4. The molecule has 5 rings (SSSR count). The Labute approximate surface area is 242 Å². The number of nitriles is 1. The van der Waals surface area contributed by atoms with Gasteiger partial charge in [0.25, 0.3) is 5.91 Å². The van der Waals surface area contributed by atoms with E-state index in [1.807, 2.05) is 55.1 Å². The lowest BCUT2D eigenvalue weighted by Crippen LogP contribution is -2.59. The summed E-state index contributed by atoms with van der Waals surface area (Å²) in [5.74, 6) is 0.853. The predicted octanol–water partition coefficient (Wildman–Crippen LogP) is 2.37. The number of aliphatic hydroxyl groups excluding tert-OH is 1. The highest BCUT2D eigenvalue weighted by molar-refractivity contribution is 5.97. The van der Waals surface area contributed by atoms with E-state index in [9.17, 15) is 20.0 Å². The van der Waals surface area contributed by atoms with E-state index in [0.29, 0.717) is 41.4 Å². The van der Waals surface area contributed by atoms with Crippen LogP contribution in [0.5, 0.6) is 11.5 Å². The number of likely N-dealkylation sites (tertiary alicyclic amines) is 1. The number of rotatable bonds is 9. The molecule has 1 saturated heterocycles. The molecule has 0 saturated carbocycles. The van der Waals surface area contributed by atoms with Gasteiger partial charge in [0, 0.05) is 31.2 Å². The van der Waals surface area contributed by atoms with Gasteiger partial charge in [-0.15, -0.1) is 0 Å². The molecule has 216 valence electrons. The Morgan fingerprint density at radius 3 is 2.50 bits per heavy atom. The molecule has 1 atom stereocenters. The normalized spacial score (nSPS) is 15.2. The molecule has 1 aliphatic heterocycles. The minimum absolute atomic E-state index is 0.0487. The van der Waals surface area contributed by atoms with Gasteiger partial charge >= 0.3 is 5.69 Å².